The first-order valence-electron chi connectivity index (χ1n) is 7.23. The molecule has 1 aliphatic carbocycles. The minimum Gasteiger partial charge on any atom is -0.451 e. The lowest BCUT2D eigenvalue weighted by Crippen LogP contribution is -2.51. The van der Waals surface area contributed by atoms with Gasteiger partial charge in [-0.25, -0.2) is 0 Å². The van der Waals surface area contributed by atoms with Gasteiger partial charge in [0.2, 0.25) is 0 Å². The molecule has 0 aliphatic heterocycles. The van der Waals surface area contributed by atoms with Crippen LogP contribution >= 0.6 is 0 Å². The molecule has 1 amide bonds. The Morgan fingerprint density at radius 2 is 2.05 bits per heavy atom. The summed E-state index contributed by atoms with van der Waals surface area (Å²) in [6.07, 6.45) is 0.302. The number of rotatable bonds is 2. The Morgan fingerprint density at radius 1 is 1.29 bits per heavy atom. The molecule has 3 N–H and O–H groups in total. The summed E-state index contributed by atoms with van der Waals surface area (Å²) in [5.74, 6) is -0.0784. The van der Waals surface area contributed by atoms with Gasteiger partial charge in [0, 0.05) is 10.9 Å². The van der Waals surface area contributed by atoms with Crippen molar-refractivity contribution in [3.63, 3.8) is 0 Å². The number of hydrogen-bond donors (Lipinski definition) is 3. The maximum atomic E-state index is 12.4. The van der Waals surface area contributed by atoms with Crippen LogP contribution in [-0.2, 0) is 0 Å². The van der Waals surface area contributed by atoms with Crippen molar-refractivity contribution in [2.45, 2.75) is 44.4 Å². The Hall–Kier alpha value is -1.85. The maximum absolute atomic E-state index is 12.4. The van der Waals surface area contributed by atoms with Crippen molar-refractivity contribution in [2.75, 3.05) is 0 Å². The molecule has 1 heterocycles. The first-order chi connectivity index (χ1) is 10.1. The van der Waals surface area contributed by atoms with Crippen LogP contribution in [0.15, 0.2) is 28.7 Å². The molecule has 2 aromatic rings. The van der Waals surface area contributed by atoms with E-state index in [0.29, 0.717) is 18.4 Å². The predicted molar refractivity (Wildman–Crippen MR) is 78.1 cm³/mol. The summed E-state index contributed by atoms with van der Waals surface area (Å²) in [5, 5.41) is 23.3. The Bertz CT molecular complexity index is 663. The van der Waals surface area contributed by atoms with Gasteiger partial charge < -0.3 is 19.9 Å². The van der Waals surface area contributed by atoms with Crippen LogP contribution in [0.4, 0.5) is 0 Å². The number of fused-ring (bicyclic) bond motifs is 1. The van der Waals surface area contributed by atoms with E-state index in [1.54, 1.807) is 0 Å². The molecule has 5 heteroatoms. The second-order valence-corrected chi connectivity index (χ2v) is 5.62. The van der Waals surface area contributed by atoms with Crippen molar-refractivity contribution in [1.29, 1.82) is 0 Å². The molecule has 1 saturated carbocycles. The summed E-state index contributed by atoms with van der Waals surface area (Å²) < 4.78 is 5.61. The number of nitrogens with one attached hydrogen (secondary N) is 1. The fourth-order valence-corrected chi connectivity index (χ4v) is 2.94. The Kier molecular flexibility index (Phi) is 3.69. The van der Waals surface area contributed by atoms with Crippen molar-refractivity contribution >= 4 is 16.9 Å². The smallest absolute Gasteiger partial charge is 0.287 e. The number of aryl methyl sites for hydroxylation is 1. The van der Waals surface area contributed by atoms with E-state index in [9.17, 15) is 15.0 Å². The molecule has 5 nitrogen and oxygen atoms in total. The average Bonchev–Trinajstić information content (AvgIpc) is 2.82. The molecule has 1 aromatic heterocycles. The standard InChI is InChI=1S/C16H19NO4/c1-9-10-5-2-3-8-13(10)21-15(9)16(20)17-11-6-4-7-12(18)14(11)19/h2-3,5,8,11-12,14,18-19H,4,6-7H2,1H3,(H,17,20)/t11-,12-,14-/m1/s1. The normalized spacial score (nSPS) is 26.0. The molecule has 0 radical (unpaired) electrons. The van der Waals surface area contributed by atoms with Crippen molar-refractivity contribution in [2.24, 2.45) is 0 Å². The molecular weight excluding hydrogens is 270 g/mol. The van der Waals surface area contributed by atoms with E-state index in [4.69, 9.17) is 4.42 Å². The second kappa shape index (κ2) is 5.50. The molecule has 0 spiro atoms. The van der Waals surface area contributed by atoms with Crippen molar-refractivity contribution < 1.29 is 19.4 Å². The highest BCUT2D eigenvalue weighted by atomic mass is 16.3. The topological polar surface area (TPSA) is 82.7 Å². The summed E-state index contributed by atoms with van der Waals surface area (Å²) >= 11 is 0. The van der Waals surface area contributed by atoms with Crippen LogP contribution in [0, 0.1) is 6.92 Å². The number of aliphatic hydroxyl groups excluding tert-OH is 2. The van der Waals surface area contributed by atoms with E-state index in [1.807, 2.05) is 31.2 Å². The van der Waals surface area contributed by atoms with Gasteiger partial charge in [0.15, 0.2) is 5.76 Å². The van der Waals surface area contributed by atoms with Gasteiger partial charge in [-0.05, 0) is 32.3 Å². The van der Waals surface area contributed by atoms with Gasteiger partial charge in [0.25, 0.3) is 5.91 Å². The molecule has 21 heavy (non-hydrogen) atoms. The molecule has 3 rings (SSSR count). The highest BCUT2D eigenvalue weighted by molar-refractivity contribution is 5.99. The van der Waals surface area contributed by atoms with Gasteiger partial charge >= 0.3 is 0 Å². The summed E-state index contributed by atoms with van der Waals surface area (Å²) in [7, 11) is 0. The van der Waals surface area contributed by atoms with Crippen LogP contribution in [0.1, 0.15) is 35.4 Å². The average molecular weight is 289 g/mol. The lowest BCUT2D eigenvalue weighted by atomic mass is 9.90. The molecule has 0 unspecified atom stereocenters. The number of furan rings is 1. The Balaban J connectivity index is 1.82. The minimum absolute atomic E-state index is 0.267. The van der Waals surface area contributed by atoms with Gasteiger partial charge in [-0.3, -0.25) is 4.79 Å². The molecule has 1 aliphatic rings. The highest BCUT2D eigenvalue weighted by Gasteiger charge is 2.32. The number of benzene rings is 1. The van der Waals surface area contributed by atoms with E-state index >= 15 is 0 Å². The quantitative estimate of drug-likeness (QED) is 0.786. The van der Waals surface area contributed by atoms with Crippen LogP contribution in [0.3, 0.4) is 0 Å². The van der Waals surface area contributed by atoms with Crippen molar-refractivity contribution in [3.8, 4) is 0 Å². The molecular formula is C16H19NO4. The van der Waals surface area contributed by atoms with Crippen LogP contribution in [0.5, 0.6) is 0 Å². The third kappa shape index (κ3) is 2.54. The number of para-hydroxylation sites is 1. The fourth-order valence-electron chi connectivity index (χ4n) is 2.94. The maximum Gasteiger partial charge on any atom is 0.287 e. The van der Waals surface area contributed by atoms with E-state index in [1.165, 1.54) is 0 Å². The van der Waals surface area contributed by atoms with Gasteiger partial charge in [-0.2, -0.15) is 0 Å². The summed E-state index contributed by atoms with van der Waals surface area (Å²) in [6, 6.07) is 7.04. The number of hydrogen-bond acceptors (Lipinski definition) is 4. The van der Waals surface area contributed by atoms with Crippen molar-refractivity contribution in [3.05, 3.63) is 35.6 Å². The molecule has 1 aromatic carbocycles. The summed E-state index contributed by atoms with van der Waals surface area (Å²) in [4.78, 5) is 12.4. The van der Waals surface area contributed by atoms with Crippen LogP contribution in [0.2, 0.25) is 0 Å². The lowest BCUT2D eigenvalue weighted by molar-refractivity contribution is -0.0279. The van der Waals surface area contributed by atoms with E-state index in [-0.39, 0.29) is 11.7 Å². The number of aliphatic hydroxyl groups is 2. The van der Waals surface area contributed by atoms with Crippen molar-refractivity contribution in [1.82, 2.24) is 5.32 Å². The van der Waals surface area contributed by atoms with Gasteiger partial charge in [-0.1, -0.05) is 18.2 Å². The van der Waals surface area contributed by atoms with E-state index in [2.05, 4.69) is 5.32 Å². The molecule has 1 fully saturated rings. The van der Waals surface area contributed by atoms with Crippen LogP contribution in [-0.4, -0.2) is 34.4 Å². The second-order valence-electron chi connectivity index (χ2n) is 5.62. The van der Waals surface area contributed by atoms with Crippen LogP contribution in [0.25, 0.3) is 11.0 Å². The number of amides is 1. The third-order valence-electron chi connectivity index (χ3n) is 4.19. The summed E-state index contributed by atoms with van der Waals surface area (Å²) in [5.41, 5.74) is 1.46. The Labute approximate surface area is 122 Å². The zero-order chi connectivity index (χ0) is 15.0. The highest BCUT2D eigenvalue weighted by Crippen LogP contribution is 2.26. The predicted octanol–water partition coefficient (Wildman–Crippen LogP) is 1.75. The van der Waals surface area contributed by atoms with Gasteiger partial charge in [0.05, 0.1) is 12.1 Å². The molecule has 3 atom stereocenters. The first kappa shape index (κ1) is 14.1. The molecule has 0 saturated heterocycles. The number of carbonyl (C=O) groups excluding carboxylic acids is 1. The largest absolute Gasteiger partial charge is 0.451 e. The zero-order valence-electron chi connectivity index (χ0n) is 11.9. The number of carbonyl (C=O) groups is 1. The minimum atomic E-state index is -0.924. The lowest BCUT2D eigenvalue weighted by Gasteiger charge is -2.32. The van der Waals surface area contributed by atoms with Crippen LogP contribution < -0.4 is 5.32 Å². The van der Waals surface area contributed by atoms with E-state index < -0.39 is 18.2 Å². The molecule has 0 bridgehead atoms. The van der Waals surface area contributed by atoms with Gasteiger partial charge in [0.1, 0.15) is 11.7 Å². The molecule has 112 valence electrons. The Morgan fingerprint density at radius 3 is 2.81 bits per heavy atom. The fraction of sp³-hybridized carbons (Fsp3) is 0.438. The third-order valence-corrected chi connectivity index (χ3v) is 4.19. The van der Waals surface area contributed by atoms with E-state index in [0.717, 1.165) is 17.4 Å². The zero-order valence-corrected chi connectivity index (χ0v) is 11.9. The SMILES string of the molecule is Cc1c(C(=O)N[C@@H]2CCC[C@@H](O)[C@@H]2O)oc2ccccc12. The summed E-state index contributed by atoms with van der Waals surface area (Å²) in [6.45, 7) is 1.84. The first-order valence-corrected chi connectivity index (χ1v) is 7.23. The monoisotopic (exact) mass is 289 g/mol. The van der Waals surface area contributed by atoms with Gasteiger partial charge in [-0.15, -0.1) is 0 Å².